The molecule has 0 amide bonds. The second kappa shape index (κ2) is 5.94. The lowest BCUT2D eigenvalue weighted by molar-refractivity contribution is 0.340. The molecule has 8 heteroatoms. The maximum Gasteiger partial charge on any atom is 0.243 e. The van der Waals surface area contributed by atoms with E-state index >= 15 is 0 Å². The van der Waals surface area contributed by atoms with Gasteiger partial charge in [0, 0.05) is 13.1 Å². The van der Waals surface area contributed by atoms with Crippen molar-refractivity contribution < 1.29 is 21.6 Å². The van der Waals surface area contributed by atoms with Crippen molar-refractivity contribution in [1.29, 1.82) is 0 Å². The molecular weight excluding hydrogens is 314 g/mol. The summed E-state index contributed by atoms with van der Waals surface area (Å²) in [5, 5.41) is 0. The number of hydrogen-bond donors (Lipinski definition) is 0. The molecule has 118 valence electrons. The van der Waals surface area contributed by atoms with E-state index < -0.39 is 25.9 Å². The van der Waals surface area contributed by atoms with Crippen LogP contribution in [-0.4, -0.2) is 52.3 Å². The Balaban J connectivity index is 2.21. The molecule has 1 fully saturated rings. The summed E-state index contributed by atoms with van der Waals surface area (Å²) in [6.45, 7) is 2.35. The van der Waals surface area contributed by atoms with Crippen LogP contribution in [0.2, 0.25) is 0 Å². The van der Waals surface area contributed by atoms with Crippen LogP contribution in [0.15, 0.2) is 29.2 Å². The Morgan fingerprint density at radius 1 is 1.29 bits per heavy atom. The van der Waals surface area contributed by atoms with Crippen molar-refractivity contribution in [1.82, 2.24) is 4.31 Å². The molecule has 0 saturated carbocycles. The summed E-state index contributed by atoms with van der Waals surface area (Å²) >= 11 is 0. The topological polar surface area (TPSA) is 80.8 Å². The number of sulfone groups is 1. The fourth-order valence-corrected chi connectivity index (χ4v) is 5.55. The lowest BCUT2D eigenvalue weighted by Gasteiger charge is -2.22. The number of rotatable bonds is 5. The van der Waals surface area contributed by atoms with Crippen LogP contribution >= 0.6 is 0 Å². The van der Waals surface area contributed by atoms with Crippen molar-refractivity contribution in [2.75, 3.05) is 25.2 Å². The minimum absolute atomic E-state index is 0.0425. The maximum absolute atomic E-state index is 12.5. The van der Waals surface area contributed by atoms with Crippen LogP contribution in [0.5, 0.6) is 5.75 Å². The summed E-state index contributed by atoms with van der Waals surface area (Å²) < 4.78 is 54.4. The Morgan fingerprint density at radius 3 is 2.38 bits per heavy atom. The molecule has 0 aromatic heterocycles. The Hall–Kier alpha value is -1.12. The van der Waals surface area contributed by atoms with Gasteiger partial charge in [0.25, 0.3) is 0 Å². The highest BCUT2D eigenvalue weighted by molar-refractivity contribution is 7.92. The molecule has 1 saturated heterocycles. The van der Waals surface area contributed by atoms with E-state index in [0.717, 1.165) is 4.31 Å². The van der Waals surface area contributed by atoms with E-state index in [2.05, 4.69) is 0 Å². The van der Waals surface area contributed by atoms with E-state index in [1.54, 1.807) is 12.1 Å². The minimum atomic E-state index is -3.69. The van der Waals surface area contributed by atoms with E-state index in [1.807, 2.05) is 6.92 Å². The Bertz CT molecular complexity index is 695. The molecule has 0 unspecified atom stereocenters. The zero-order valence-electron chi connectivity index (χ0n) is 12.0. The number of nitrogens with zero attached hydrogens (tertiary/aromatic N) is 1. The number of ether oxygens (including phenoxy) is 1. The summed E-state index contributed by atoms with van der Waals surface area (Å²) in [6.07, 6.45) is 0.342. The largest absolute Gasteiger partial charge is 0.494 e. The highest BCUT2D eigenvalue weighted by Gasteiger charge is 2.36. The highest BCUT2D eigenvalue weighted by atomic mass is 32.2. The van der Waals surface area contributed by atoms with Crippen LogP contribution in [0, 0.1) is 0 Å². The van der Waals surface area contributed by atoms with Gasteiger partial charge in [-0.3, -0.25) is 0 Å². The van der Waals surface area contributed by atoms with Gasteiger partial charge in [0.1, 0.15) is 5.75 Å². The van der Waals surface area contributed by atoms with E-state index in [4.69, 9.17) is 4.74 Å². The van der Waals surface area contributed by atoms with E-state index in [1.165, 1.54) is 19.2 Å². The quantitative estimate of drug-likeness (QED) is 0.799. The van der Waals surface area contributed by atoms with Crippen LogP contribution in [0.4, 0.5) is 0 Å². The van der Waals surface area contributed by atoms with Gasteiger partial charge in [-0.15, -0.1) is 0 Å². The van der Waals surface area contributed by atoms with Gasteiger partial charge in [-0.1, -0.05) is 0 Å². The third-order valence-corrected chi connectivity index (χ3v) is 7.21. The van der Waals surface area contributed by atoms with Crippen LogP contribution in [0.1, 0.15) is 13.3 Å². The number of benzene rings is 1. The molecule has 1 aromatic carbocycles. The Kier molecular flexibility index (Phi) is 4.60. The fraction of sp³-hybridized carbons (Fsp3) is 0.538. The van der Waals surface area contributed by atoms with E-state index in [0.29, 0.717) is 18.8 Å². The molecule has 0 spiro atoms. The van der Waals surface area contributed by atoms with E-state index in [-0.39, 0.29) is 16.4 Å². The molecular formula is C13H19NO5S2. The van der Waals surface area contributed by atoms with Crippen LogP contribution < -0.4 is 4.74 Å². The van der Waals surface area contributed by atoms with Gasteiger partial charge in [0.2, 0.25) is 10.0 Å². The van der Waals surface area contributed by atoms with Gasteiger partial charge in [-0.25, -0.2) is 16.8 Å². The molecule has 1 aromatic rings. The lowest BCUT2D eigenvalue weighted by Crippen LogP contribution is -2.37. The minimum Gasteiger partial charge on any atom is -0.494 e. The predicted octanol–water partition coefficient (Wildman–Crippen LogP) is 0.893. The lowest BCUT2D eigenvalue weighted by atomic mass is 10.3. The summed E-state index contributed by atoms with van der Waals surface area (Å²) in [7, 11) is -5.39. The third kappa shape index (κ3) is 3.56. The first-order valence-corrected chi connectivity index (χ1v) is 9.94. The Morgan fingerprint density at radius 2 is 1.90 bits per heavy atom. The van der Waals surface area contributed by atoms with Gasteiger partial charge in [-0.05, 0) is 37.6 Å². The average molecular weight is 333 g/mol. The SMILES string of the molecule is CCOc1ccc(S(=O)(=O)N(C)[C@@H]2CCS(=O)(=O)C2)cc1. The van der Waals surface area contributed by atoms with Gasteiger partial charge in [0.15, 0.2) is 9.84 Å². The predicted molar refractivity (Wildman–Crippen MR) is 79.6 cm³/mol. The van der Waals surface area contributed by atoms with Crippen molar-refractivity contribution in [3.8, 4) is 5.75 Å². The highest BCUT2D eigenvalue weighted by Crippen LogP contribution is 2.24. The number of sulfonamides is 1. The first-order chi connectivity index (χ1) is 9.76. The standard InChI is InChI=1S/C13H19NO5S2/c1-3-19-12-4-6-13(7-5-12)21(17,18)14(2)11-8-9-20(15,16)10-11/h4-7,11H,3,8-10H2,1-2H3/t11-/m1/s1. The molecule has 2 rings (SSSR count). The van der Waals surface area contributed by atoms with Gasteiger partial charge in [0.05, 0.1) is 23.0 Å². The summed E-state index contributed by atoms with van der Waals surface area (Å²) in [5.41, 5.74) is 0. The first-order valence-electron chi connectivity index (χ1n) is 6.67. The average Bonchev–Trinajstić information content (AvgIpc) is 2.79. The molecule has 0 radical (unpaired) electrons. The van der Waals surface area contributed by atoms with Gasteiger partial charge < -0.3 is 4.74 Å². The van der Waals surface area contributed by atoms with Crippen LogP contribution in [0.25, 0.3) is 0 Å². The molecule has 1 atom stereocenters. The molecule has 6 nitrogen and oxygen atoms in total. The molecule has 1 heterocycles. The first kappa shape index (κ1) is 16.3. The van der Waals surface area contributed by atoms with Crippen LogP contribution in [0.3, 0.4) is 0 Å². The zero-order chi connectivity index (χ0) is 15.7. The van der Waals surface area contributed by atoms with Crippen molar-refractivity contribution in [3.05, 3.63) is 24.3 Å². The third-order valence-electron chi connectivity index (χ3n) is 3.53. The van der Waals surface area contributed by atoms with Gasteiger partial charge >= 0.3 is 0 Å². The summed E-state index contributed by atoms with van der Waals surface area (Å²) in [4.78, 5) is 0.137. The fourth-order valence-electron chi connectivity index (χ4n) is 2.30. The molecule has 21 heavy (non-hydrogen) atoms. The zero-order valence-corrected chi connectivity index (χ0v) is 13.7. The smallest absolute Gasteiger partial charge is 0.243 e. The normalized spacial score (nSPS) is 21.6. The van der Waals surface area contributed by atoms with Gasteiger partial charge in [-0.2, -0.15) is 4.31 Å². The number of hydrogen-bond acceptors (Lipinski definition) is 5. The Labute approximate surface area is 125 Å². The molecule has 1 aliphatic heterocycles. The van der Waals surface area contributed by atoms with Crippen molar-refractivity contribution in [3.63, 3.8) is 0 Å². The van der Waals surface area contributed by atoms with Crippen molar-refractivity contribution >= 4 is 19.9 Å². The molecule has 0 N–H and O–H groups in total. The van der Waals surface area contributed by atoms with Crippen molar-refractivity contribution in [2.24, 2.45) is 0 Å². The van der Waals surface area contributed by atoms with Crippen LogP contribution in [-0.2, 0) is 19.9 Å². The summed E-state index contributed by atoms with van der Waals surface area (Å²) in [6, 6.07) is 5.64. The molecule has 0 aliphatic carbocycles. The molecule has 0 bridgehead atoms. The summed E-state index contributed by atoms with van der Waals surface area (Å²) in [5.74, 6) is 0.531. The van der Waals surface area contributed by atoms with E-state index in [9.17, 15) is 16.8 Å². The second-order valence-corrected chi connectivity index (χ2v) is 9.21. The molecule has 1 aliphatic rings. The van der Waals surface area contributed by atoms with Crippen molar-refractivity contribution in [2.45, 2.75) is 24.3 Å². The monoisotopic (exact) mass is 333 g/mol. The second-order valence-electron chi connectivity index (χ2n) is 4.98. The maximum atomic E-state index is 12.5.